The Balaban J connectivity index is 2.15. The third kappa shape index (κ3) is 3.22. The van der Waals surface area contributed by atoms with Gasteiger partial charge in [-0.15, -0.1) is 0 Å². The molecule has 7 heteroatoms. The molecule has 0 aliphatic heterocycles. The number of ether oxygens (including phenoxy) is 1. The van der Waals surface area contributed by atoms with E-state index in [2.05, 4.69) is 9.97 Å². The van der Waals surface area contributed by atoms with Gasteiger partial charge in [0.05, 0.1) is 28.2 Å². The molecule has 1 atom stereocenters. The smallest absolute Gasteiger partial charge is 0.183 e. The summed E-state index contributed by atoms with van der Waals surface area (Å²) in [7, 11) is -1.12. The van der Waals surface area contributed by atoms with Gasteiger partial charge in [-0.3, -0.25) is 4.21 Å². The van der Waals surface area contributed by atoms with Crippen LogP contribution < -0.4 is 0 Å². The normalized spacial score (nSPS) is 13.1. The largest absolute Gasteiger partial charge is 0.381 e. The fourth-order valence-corrected chi connectivity index (χ4v) is 3.52. The molecule has 0 aromatic carbocycles. The van der Waals surface area contributed by atoms with E-state index in [1.807, 2.05) is 6.92 Å². The lowest BCUT2D eigenvalue weighted by Gasteiger charge is -1.98. The van der Waals surface area contributed by atoms with Gasteiger partial charge in [0.25, 0.3) is 0 Å². The Bertz CT molecular complexity index is 544. The molecule has 4 nitrogen and oxygen atoms in total. The Kier molecular flexibility index (Phi) is 4.44. The number of nitrogens with zero attached hydrogens (tertiary/aromatic N) is 2. The van der Waals surface area contributed by atoms with Crippen molar-refractivity contribution in [2.24, 2.45) is 0 Å². The SMILES string of the molecule is CCOCCS(=O)c1nc2cc(Cl)cnc2s1. The number of pyridine rings is 1. The van der Waals surface area contributed by atoms with Crippen LogP contribution in [0.4, 0.5) is 0 Å². The monoisotopic (exact) mass is 290 g/mol. The van der Waals surface area contributed by atoms with Crippen molar-refractivity contribution >= 4 is 44.1 Å². The lowest BCUT2D eigenvalue weighted by molar-refractivity contribution is 0.164. The number of hydrogen-bond acceptors (Lipinski definition) is 5. The number of fused-ring (bicyclic) bond motifs is 1. The summed E-state index contributed by atoms with van der Waals surface area (Å²) in [5.41, 5.74) is 0.697. The van der Waals surface area contributed by atoms with Crippen molar-refractivity contribution < 1.29 is 8.95 Å². The Morgan fingerprint density at radius 2 is 2.41 bits per heavy atom. The van der Waals surface area contributed by atoms with Crippen LogP contribution in [0.15, 0.2) is 16.6 Å². The number of halogens is 1. The summed E-state index contributed by atoms with van der Waals surface area (Å²) in [6.07, 6.45) is 1.56. The summed E-state index contributed by atoms with van der Waals surface area (Å²) < 4.78 is 17.6. The van der Waals surface area contributed by atoms with Crippen molar-refractivity contribution in [3.8, 4) is 0 Å². The zero-order valence-corrected chi connectivity index (χ0v) is 11.6. The van der Waals surface area contributed by atoms with Crippen LogP contribution in [0.1, 0.15) is 6.92 Å². The standard InChI is InChI=1S/C10H11ClN2O2S2/c1-2-15-3-4-17(14)10-13-8-5-7(11)6-12-9(8)16-10/h5-6H,2-4H2,1H3. The van der Waals surface area contributed by atoms with Gasteiger partial charge in [0, 0.05) is 12.8 Å². The summed E-state index contributed by atoms with van der Waals surface area (Å²) in [5.74, 6) is 0.460. The predicted octanol–water partition coefficient (Wildman–Crippen LogP) is 2.49. The van der Waals surface area contributed by atoms with Gasteiger partial charge in [-0.1, -0.05) is 22.9 Å². The minimum atomic E-state index is -1.12. The van der Waals surface area contributed by atoms with Crippen molar-refractivity contribution in [1.29, 1.82) is 0 Å². The second-order valence-corrected chi connectivity index (χ2v) is 6.36. The fraction of sp³-hybridized carbons (Fsp3) is 0.400. The van der Waals surface area contributed by atoms with Crippen molar-refractivity contribution in [3.63, 3.8) is 0 Å². The van der Waals surface area contributed by atoms with E-state index < -0.39 is 10.8 Å². The van der Waals surface area contributed by atoms with Gasteiger partial charge < -0.3 is 4.74 Å². The average Bonchev–Trinajstić information content (AvgIpc) is 2.72. The van der Waals surface area contributed by atoms with Gasteiger partial charge in [0.15, 0.2) is 4.34 Å². The van der Waals surface area contributed by atoms with Crippen LogP contribution in [0.3, 0.4) is 0 Å². The van der Waals surface area contributed by atoms with Gasteiger partial charge >= 0.3 is 0 Å². The zero-order valence-electron chi connectivity index (χ0n) is 9.18. The molecular formula is C10H11ClN2O2S2. The maximum atomic E-state index is 11.9. The molecule has 92 valence electrons. The minimum absolute atomic E-state index is 0.460. The highest BCUT2D eigenvalue weighted by Crippen LogP contribution is 2.24. The minimum Gasteiger partial charge on any atom is -0.381 e. The molecular weight excluding hydrogens is 280 g/mol. The molecule has 0 saturated carbocycles. The van der Waals surface area contributed by atoms with E-state index in [9.17, 15) is 4.21 Å². The highest BCUT2D eigenvalue weighted by atomic mass is 35.5. The second kappa shape index (κ2) is 5.86. The first kappa shape index (κ1) is 12.9. The molecule has 0 aliphatic rings. The van der Waals surface area contributed by atoms with Crippen LogP contribution >= 0.6 is 22.9 Å². The number of thiazole rings is 1. The molecule has 2 aromatic heterocycles. The van der Waals surface area contributed by atoms with E-state index in [4.69, 9.17) is 16.3 Å². The van der Waals surface area contributed by atoms with Crippen LogP contribution in [-0.2, 0) is 15.5 Å². The average molecular weight is 291 g/mol. The van der Waals surface area contributed by atoms with Crippen molar-refractivity contribution in [2.75, 3.05) is 19.0 Å². The van der Waals surface area contributed by atoms with Crippen LogP contribution in [0.5, 0.6) is 0 Å². The first-order valence-corrected chi connectivity index (χ1v) is 7.60. The van der Waals surface area contributed by atoms with Crippen molar-refractivity contribution in [2.45, 2.75) is 11.3 Å². The molecule has 1 unspecified atom stereocenters. The Hall–Kier alpha value is -0.560. The molecule has 0 amide bonds. The van der Waals surface area contributed by atoms with Crippen molar-refractivity contribution in [1.82, 2.24) is 9.97 Å². The van der Waals surface area contributed by atoms with Crippen molar-refractivity contribution in [3.05, 3.63) is 17.3 Å². The van der Waals surface area contributed by atoms with Crippen LogP contribution in [0.25, 0.3) is 10.3 Å². The Labute approximate surface area is 110 Å². The summed E-state index contributed by atoms with van der Waals surface area (Å²) in [5, 5.41) is 0.537. The summed E-state index contributed by atoms with van der Waals surface area (Å²) in [6, 6.07) is 1.73. The summed E-state index contributed by atoms with van der Waals surface area (Å²) in [6.45, 7) is 3.02. The Morgan fingerprint density at radius 1 is 1.59 bits per heavy atom. The van der Waals surface area contributed by atoms with E-state index in [1.54, 1.807) is 12.3 Å². The molecule has 2 rings (SSSR count). The van der Waals surface area contributed by atoms with Crippen LogP contribution in [-0.4, -0.2) is 33.1 Å². The van der Waals surface area contributed by atoms with Gasteiger partial charge in [-0.05, 0) is 13.0 Å². The van der Waals surface area contributed by atoms with Crippen LogP contribution in [0, 0.1) is 0 Å². The molecule has 0 saturated heterocycles. The van der Waals surface area contributed by atoms with E-state index in [0.717, 1.165) is 4.83 Å². The van der Waals surface area contributed by atoms with E-state index in [-0.39, 0.29) is 0 Å². The lowest BCUT2D eigenvalue weighted by atomic mass is 10.5. The molecule has 0 fully saturated rings. The zero-order chi connectivity index (χ0) is 12.3. The quantitative estimate of drug-likeness (QED) is 0.794. The number of hydrogen-bond donors (Lipinski definition) is 0. The predicted molar refractivity (Wildman–Crippen MR) is 70.2 cm³/mol. The molecule has 0 spiro atoms. The molecule has 2 aromatic rings. The highest BCUT2D eigenvalue weighted by Gasteiger charge is 2.11. The summed E-state index contributed by atoms with van der Waals surface area (Å²) >= 11 is 7.15. The highest BCUT2D eigenvalue weighted by molar-refractivity contribution is 7.87. The van der Waals surface area contributed by atoms with Gasteiger partial charge in [-0.25, -0.2) is 9.97 Å². The van der Waals surface area contributed by atoms with E-state index >= 15 is 0 Å². The topological polar surface area (TPSA) is 52.1 Å². The van der Waals surface area contributed by atoms with Gasteiger partial charge in [-0.2, -0.15) is 0 Å². The lowest BCUT2D eigenvalue weighted by Crippen LogP contribution is -2.05. The number of rotatable bonds is 5. The third-order valence-corrected chi connectivity index (χ3v) is 4.81. The molecule has 0 N–H and O–H groups in total. The van der Waals surface area contributed by atoms with E-state index in [1.165, 1.54) is 11.3 Å². The molecule has 0 aliphatic carbocycles. The number of aromatic nitrogens is 2. The van der Waals surface area contributed by atoms with Gasteiger partial charge in [0.2, 0.25) is 0 Å². The van der Waals surface area contributed by atoms with E-state index in [0.29, 0.717) is 33.8 Å². The second-order valence-electron chi connectivity index (χ2n) is 3.20. The maximum absolute atomic E-state index is 11.9. The maximum Gasteiger partial charge on any atom is 0.183 e. The Morgan fingerprint density at radius 3 is 3.18 bits per heavy atom. The molecule has 2 heterocycles. The van der Waals surface area contributed by atoms with Crippen LogP contribution in [0.2, 0.25) is 5.02 Å². The fourth-order valence-electron chi connectivity index (χ4n) is 1.24. The third-order valence-electron chi connectivity index (χ3n) is 2.01. The molecule has 0 radical (unpaired) electrons. The molecule has 0 bridgehead atoms. The first-order chi connectivity index (χ1) is 8.20. The molecule has 17 heavy (non-hydrogen) atoms. The first-order valence-electron chi connectivity index (χ1n) is 5.09. The summed E-state index contributed by atoms with van der Waals surface area (Å²) in [4.78, 5) is 9.17. The van der Waals surface area contributed by atoms with Gasteiger partial charge in [0.1, 0.15) is 10.3 Å².